The summed E-state index contributed by atoms with van der Waals surface area (Å²) in [5.74, 6) is -0.133. The molecule has 28 heavy (non-hydrogen) atoms. The van der Waals surface area contributed by atoms with E-state index in [2.05, 4.69) is 26.1 Å². The third-order valence-electron chi connectivity index (χ3n) is 4.02. The van der Waals surface area contributed by atoms with Crippen LogP contribution in [-0.4, -0.2) is 42.3 Å². The Morgan fingerprint density at radius 3 is 2.79 bits per heavy atom. The molecule has 0 aliphatic carbocycles. The predicted molar refractivity (Wildman–Crippen MR) is 103 cm³/mol. The second-order valence-electron chi connectivity index (χ2n) is 5.96. The van der Waals surface area contributed by atoms with Gasteiger partial charge in [0, 0.05) is 26.4 Å². The maximum absolute atomic E-state index is 12.6. The summed E-state index contributed by atoms with van der Waals surface area (Å²) in [6.07, 6.45) is 3.25. The zero-order valence-corrected chi connectivity index (χ0v) is 16.7. The van der Waals surface area contributed by atoms with Gasteiger partial charge >= 0.3 is 5.69 Å². The van der Waals surface area contributed by atoms with Crippen LogP contribution in [0.3, 0.4) is 0 Å². The number of hydrogen-bond donors (Lipinski definition) is 0. The Morgan fingerprint density at radius 1 is 1.36 bits per heavy atom. The van der Waals surface area contributed by atoms with Crippen molar-refractivity contribution in [2.75, 3.05) is 7.05 Å². The lowest BCUT2D eigenvalue weighted by Crippen LogP contribution is -2.28. The van der Waals surface area contributed by atoms with Gasteiger partial charge in [0.2, 0.25) is 0 Å². The molecule has 2 aromatic heterocycles. The Labute approximate surface area is 168 Å². The highest BCUT2D eigenvalue weighted by Gasteiger charge is 2.18. The monoisotopic (exact) mass is 448 g/mol. The molecule has 146 valence electrons. The van der Waals surface area contributed by atoms with Crippen LogP contribution in [0.25, 0.3) is 0 Å². The molecule has 10 nitrogen and oxygen atoms in total. The van der Waals surface area contributed by atoms with Crippen molar-refractivity contribution in [1.82, 2.24) is 24.5 Å². The number of nitro benzene ring substituents is 1. The lowest BCUT2D eigenvalue weighted by atomic mass is 10.3. The minimum atomic E-state index is -0.515. The van der Waals surface area contributed by atoms with E-state index in [9.17, 15) is 14.9 Å². The molecule has 1 amide bonds. The molecule has 0 N–H and O–H groups in total. The molecule has 3 rings (SSSR count). The number of nitrogens with zero attached hydrogens (tertiary/aromatic N) is 6. The maximum atomic E-state index is 12.6. The molecule has 0 saturated carbocycles. The van der Waals surface area contributed by atoms with Gasteiger partial charge in [0.1, 0.15) is 0 Å². The minimum absolute atomic E-state index is 0.0604. The quantitative estimate of drug-likeness (QED) is 0.405. The molecule has 0 aliphatic heterocycles. The fourth-order valence-electron chi connectivity index (χ4n) is 2.52. The molecule has 11 heteroatoms. The van der Waals surface area contributed by atoms with Crippen molar-refractivity contribution in [3.8, 4) is 5.75 Å². The number of carbonyl (C=O) groups is 1. The lowest BCUT2D eigenvalue weighted by molar-refractivity contribution is -0.386. The van der Waals surface area contributed by atoms with E-state index in [4.69, 9.17) is 4.74 Å². The van der Waals surface area contributed by atoms with Crippen LogP contribution in [0.4, 0.5) is 5.69 Å². The number of aryl methyl sites for hydroxylation is 1. The Balaban J connectivity index is 1.65. The van der Waals surface area contributed by atoms with Crippen LogP contribution in [0.1, 0.15) is 16.2 Å². The normalized spacial score (nSPS) is 10.7. The molecule has 0 fully saturated rings. The summed E-state index contributed by atoms with van der Waals surface area (Å²) in [6, 6.07) is 7.64. The number of para-hydroxylation sites is 2. The van der Waals surface area contributed by atoms with E-state index in [-0.39, 0.29) is 29.8 Å². The number of ether oxygens (including phenoxy) is 1. The first-order valence-corrected chi connectivity index (χ1v) is 8.97. The van der Waals surface area contributed by atoms with Crippen LogP contribution < -0.4 is 4.74 Å². The summed E-state index contributed by atoms with van der Waals surface area (Å²) in [5.41, 5.74) is 0.967. The first-order chi connectivity index (χ1) is 13.4. The van der Waals surface area contributed by atoms with E-state index < -0.39 is 4.92 Å². The van der Waals surface area contributed by atoms with Crippen molar-refractivity contribution in [2.24, 2.45) is 7.05 Å². The smallest absolute Gasteiger partial charge is 0.311 e. The van der Waals surface area contributed by atoms with Gasteiger partial charge in [0.25, 0.3) is 5.91 Å². The van der Waals surface area contributed by atoms with Gasteiger partial charge in [-0.3, -0.25) is 19.6 Å². The van der Waals surface area contributed by atoms with Crippen LogP contribution in [0, 0.1) is 10.1 Å². The second kappa shape index (κ2) is 8.21. The zero-order chi connectivity index (χ0) is 20.3. The van der Waals surface area contributed by atoms with Crippen LogP contribution in [0.5, 0.6) is 5.75 Å². The van der Waals surface area contributed by atoms with Crippen molar-refractivity contribution < 1.29 is 14.5 Å². The van der Waals surface area contributed by atoms with E-state index in [1.165, 1.54) is 21.7 Å². The van der Waals surface area contributed by atoms with Crippen molar-refractivity contribution >= 4 is 27.5 Å². The van der Waals surface area contributed by atoms with Gasteiger partial charge in [-0.1, -0.05) is 12.1 Å². The first-order valence-electron chi connectivity index (χ1n) is 8.18. The SMILES string of the molecule is CN(Cc1c(Br)cnn1C)C(=O)c1ccn(COc2ccccc2[N+](=O)[O-])n1. The highest BCUT2D eigenvalue weighted by Crippen LogP contribution is 2.26. The van der Waals surface area contributed by atoms with Gasteiger partial charge in [-0.05, 0) is 28.1 Å². The Kier molecular flexibility index (Phi) is 5.73. The van der Waals surface area contributed by atoms with Gasteiger partial charge in [0.05, 0.1) is 27.8 Å². The third-order valence-corrected chi connectivity index (χ3v) is 4.68. The highest BCUT2D eigenvalue weighted by molar-refractivity contribution is 9.10. The fourth-order valence-corrected chi connectivity index (χ4v) is 2.99. The molecule has 0 radical (unpaired) electrons. The number of carbonyl (C=O) groups excluding carboxylic acids is 1. The molecule has 0 unspecified atom stereocenters. The van der Waals surface area contributed by atoms with Crippen LogP contribution in [-0.2, 0) is 20.3 Å². The average molecular weight is 449 g/mol. The first kappa shape index (κ1) is 19.5. The second-order valence-corrected chi connectivity index (χ2v) is 6.82. The van der Waals surface area contributed by atoms with Crippen LogP contribution in [0.2, 0.25) is 0 Å². The molecular weight excluding hydrogens is 432 g/mol. The number of aromatic nitrogens is 4. The van der Waals surface area contributed by atoms with Crippen molar-refractivity contribution in [1.29, 1.82) is 0 Å². The number of amides is 1. The summed E-state index contributed by atoms with van der Waals surface area (Å²) in [5, 5.41) is 19.3. The summed E-state index contributed by atoms with van der Waals surface area (Å²) < 4.78 is 9.38. The van der Waals surface area contributed by atoms with Gasteiger partial charge in [-0.25, -0.2) is 4.68 Å². The molecule has 0 spiro atoms. The van der Waals surface area contributed by atoms with Crippen LogP contribution >= 0.6 is 15.9 Å². The van der Waals surface area contributed by atoms with Crippen LogP contribution in [0.15, 0.2) is 47.2 Å². The molecule has 0 atom stereocenters. The number of nitro groups is 1. The summed E-state index contributed by atoms with van der Waals surface area (Å²) in [6.45, 7) is 0.296. The van der Waals surface area contributed by atoms with Crippen molar-refractivity contribution in [2.45, 2.75) is 13.3 Å². The zero-order valence-electron chi connectivity index (χ0n) is 15.1. The van der Waals surface area contributed by atoms with E-state index in [1.54, 1.807) is 49.4 Å². The van der Waals surface area contributed by atoms with Gasteiger partial charge in [0.15, 0.2) is 18.2 Å². The third kappa shape index (κ3) is 4.19. The standard InChI is InChI=1S/C17H17BrN6O4/c1-21(10-15-12(18)9-19-22(15)2)17(25)13-7-8-23(20-13)11-28-16-6-4-3-5-14(16)24(26)27/h3-9H,10-11H2,1-2H3. The minimum Gasteiger partial charge on any atom is -0.464 e. The Morgan fingerprint density at radius 2 is 2.11 bits per heavy atom. The molecule has 2 heterocycles. The molecule has 0 saturated heterocycles. The summed E-state index contributed by atoms with van der Waals surface area (Å²) in [4.78, 5) is 24.6. The van der Waals surface area contributed by atoms with E-state index in [0.29, 0.717) is 6.54 Å². The number of benzene rings is 1. The van der Waals surface area contributed by atoms with Gasteiger partial charge < -0.3 is 9.64 Å². The molecular formula is C17H17BrN6O4. The number of rotatable bonds is 7. The van der Waals surface area contributed by atoms with E-state index in [1.807, 2.05) is 0 Å². The molecule has 1 aromatic carbocycles. The van der Waals surface area contributed by atoms with Gasteiger partial charge in [-0.15, -0.1) is 0 Å². The summed E-state index contributed by atoms with van der Waals surface area (Å²) in [7, 11) is 3.47. The maximum Gasteiger partial charge on any atom is 0.311 e. The Hall–Kier alpha value is -3.21. The van der Waals surface area contributed by atoms with E-state index >= 15 is 0 Å². The van der Waals surface area contributed by atoms with Crippen molar-refractivity contribution in [3.05, 3.63) is 68.7 Å². The highest BCUT2D eigenvalue weighted by atomic mass is 79.9. The Bertz CT molecular complexity index is 995. The van der Waals surface area contributed by atoms with E-state index in [0.717, 1.165) is 10.2 Å². The van der Waals surface area contributed by atoms with Crippen molar-refractivity contribution in [3.63, 3.8) is 0 Å². The average Bonchev–Trinajstić information content (AvgIpc) is 3.28. The molecule has 0 bridgehead atoms. The number of halogens is 1. The molecule has 3 aromatic rings. The molecule has 0 aliphatic rings. The van der Waals surface area contributed by atoms with Gasteiger partial charge in [-0.2, -0.15) is 10.2 Å². The topological polar surface area (TPSA) is 108 Å². The largest absolute Gasteiger partial charge is 0.464 e. The lowest BCUT2D eigenvalue weighted by Gasteiger charge is -2.16. The summed E-state index contributed by atoms with van der Waals surface area (Å²) >= 11 is 3.41. The number of hydrogen-bond acceptors (Lipinski definition) is 6. The predicted octanol–water partition coefficient (Wildman–Crippen LogP) is 2.60. The fraction of sp³-hybridized carbons (Fsp3) is 0.235.